The van der Waals surface area contributed by atoms with E-state index in [-0.39, 0.29) is 0 Å². The fourth-order valence-electron chi connectivity index (χ4n) is 1.22. The molecule has 0 radical (unpaired) electrons. The van der Waals surface area contributed by atoms with Crippen LogP contribution in [0.4, 0.5) is 4.39 Å². The third kappa shape index (κ3) is 3.00. The van der Waals surface area contributed by atoms with Crippen molar-refractivity contribution in [2.24, 2.45) is 5.73 Å². The van der Waals surface area contributed by atoms with Crippen LogP contribution in [0.1, 0.15) is 24.4 Å². The van der Waals surface area contributed by atoms with Gasteiger partial charge in [0.2, 0.25) is 5.95 Å². The van der Waals surface area contributed by atoms with Crippen molar-refractivity contribution in [3.63, 3.8) is 0 Å². The molecule has 15 heavy (non-hydrogen) atoms. The first-order valence-corrected chi connectivity index (χ1v) is 5.61. The monoisotopic (exact) mass is 292 g/mol. The number of pyridine rings is 1. The van der Waals surface area contributed by atoms with Gasteiger partial charge in [-0.1, -0.05) is 17.7 Å². The lowest BCUT2D eigenvalue weighted by Gasteiger charge is -2.13. The van der Waals surface area contributed by atoms with E-state index in [0.717, 1.165) is 6.42 Å². The van der Waals surface area contributed by atoms with Crippen LogP contribution >= 0.6 is 27.5 Å². The quantitative estimate of drug-likeness (QED) is 0.680. The van der Waals surface area contributed by atoms with Gasteiger partial charge >= 0.3 is 0 Å². The minimum Gasteiger partial charge on any atom is -0.324 e. The zero-order valence-electron chi connectivity index (χ0n) is 8.01. The summed E-state index contributed by atoms with van der Waals surface area (Å²) in [6, 6.07) is -0.427. The number of hydrogen-bond acceptors (Lipinski definition) is 2. The second-order valence-corrected chi connectivity index (χ2v) is 4.30. The van der Waals surface area contributed by atoms with Gasteiger partial charge in [-0.05, 0) is 28.8 Å². The van der Waals surface area contributed by atoms with Gasteiger partial charge in [0.05, 0.1) is 5.02 Å². The summed E-state index contributed by atoms with van der Waals surface area (Å²) in [6.07, 6.45) is 4.33. The first kappa shape index (κ1) is 12.6. The molecule has 1 aromatic heterocycles. The normalized spacial score (nSPS) is 12.5. The summed E-state index contributed by atoms with van der Waals surface area (Å²) in [5.74, 6) is -0.581. The average molecular weight is 294 g/mol. The van der Waals surface area contributed by atoms with Crippen LogP contribution in [0.15, 0.2) is 23.3 Å². The standard InChI is InChI=1S/C10H11BrClFN2/c1-2-3-4-7(14)8-9(11)6(12)5-15-10(8)13/h2,5,7H,1,3-4,14H2/t7-/m1/s1. The molecule has 0 aliphatic heterocycles. The highest BCUT2D eigenvalue weighted by molar-refractivity contribution is 9.10. The maximum absolute atomic E-state index is 13.4. The largest absolute Gasteiger partial charge is 0.324 e. The molecule has 0 aliphatic rings. The van der Waals surface area contributed by atoms with E-state index in [1.165, 1.54) is 6.20 Å². The first-order chi connectivity index (χ1) is 7.07. The average Bonchev–Trinajstić information content (AvgIpc) is 2.21. The number of allylic oxidation sites excluding steroid dienone is 1. The van der Waals surface area contributed by atoms with E-state index in [9.17, 15) is 4.39 Å². The molecule has 0 saturated carbocycles. The van der Waals surface area contributed by atoms with Gasteiger partial charge in [0.1, 0.15) is 0 Å². The van der Waals surface area contributed by atoms with Crippen molar-refractivity contribution in [1.82, 2.24) is 4.98 Å². The summed E-state index contributed by atoms with van der Waals surface area (Å²) in [5.41, 5.74) is 6.16. The van der Waals surface area contributed by atoms with Gasteiger partial charge in [0, 0.05) is 22.3 Å². The highest BCUT2D eigenvalue weighted by atomic mass is 79.9. The summed E-state index contributed by atoms with van der Waals surface area (Å²) < 4.78 is 13.9. The summed E-state index contributed by atoms with van der Waals surface area (Å²) in [4.78, 5) is 3.53. The zero-order chi connectivity index (χ0) is 11.4. The third-order valence-corrected chi connectivity index (χ3v) is 3.38. The van der Waals surface area contributed by atoms with E-state index in [1.807, 2.05) is 0 Å². The number of rotatable bonds is 4. The molecular formula is C10H11BrClFN2. The molecule has 1 heterocycles. The van der Waals surface area contributed by atoms with Crippen molar-refractivity contribution < 1.29 is 4.39 Å². The van der Waals surface area contributed by atoms with Crippen molar-refractivity contribution in [3.05, 3.63) is 39.9 Å². The van der Waals surface area contributed by atoms with Crippen LogP contribution in [-0.4, -0.2) is 4.98 Å². The predicted octanol–water partition coefficient (Wildman–Crippen LogP) is 3.60. The molecule has 0 saturated heterocycles. The Bertz CT molecular complexity index is 371. The minimum absolute atomic E-state index is 0.323. The molecule has 82 valence electrons. The van der Waals surface area contributed by atoms with Crippen LogP contribution in [0, 0.1) is 5.95 Å². The van der Waals surface area contributed by atoms with Crippen molar-refractivity contribution >= 4 is 27.5 Å². The van der Waals surface area contributed by atoms with Crippen LogP contribution < -0.4 is 5.73 Å². The fraction of sp³-hybridized carbons (Fsp3) is 0.300. The summed E-state index contributed by atoms with van der Waals surface area (Å²) in [7, 11) is 0. The molecule has 1 atom stereocenters. The molecule has 0 amide bonds. The van der Waals surface area contributed by atoms with Crippen LogP contribution in [0.3, 0.4) is 0 Å². The van der Waals surface area contributed by atoms with Gasteiger partial charge in [0.15, 0.2) is 0 Å². The summed E-state index contributed by atoms with van der Waals surface area (Å²) in [6.45, 7) is 3.59. The molecule has 0 fully saturated rings. The Morgan fingerprint density at radius 1 is 1.73 bits per heavy atom. The SMILES string of the molecule is C=CCC[C@@H](N)c1c(F)ncc(Cl)c1Br. The van der Waals surface area contributed by atoms with E-state index in [4.69, 9.17) is 17.3 Å². The Kier molecular flexibility index (Phi) is 4.70. The second kappa shape index (κ2) is 5.58. The molecule has 0 unspecified atom stereocenters. The van der Waals surface area contributed by atoms with Gasteiger partial charge in [-0.3, -0.25) is 0 Å². The first-order valence-electron chi connectivity index (χ1n) is 4.43. The second-order valence-electron chi connectivity index (χ2n) is 3.10. The van der Waals surface area contributed by atoms with Gasteiger partial charge in [0.25, 0.3) is 0 Å². The van der Waals surface area contributed by atoms with Crippen LogP contribution in [-0.2, 0) is 0 Å². The molecule has 2 nitrogen and oxygen atoms in total. The van der Waals surface area contributed by atoms with Crippen molar-refractivity contribution in [2.45, 2.75) is 18.9 Å². The highest BCUT2D eigenvalue weighted by Gasteiger charge is 2.17. The lowest BCUT2D eigenvalue weighted by atomic mass is 10.0. The van der Waals surface area contributed by atoms with E-state index in [2.05, 4.69) is 27.5 Å². The molecule has 0 bridgehead atoms. The third-order valence-electron chi connectivity index (χ3n) is 2.01. The van der Waals surface area contributed by atoms with E-state index in [0.29, 0.717) is 21.5 Å². The molecule has 0 aliphatic carbocycles. The topological polar surface area (TPSA) is 38.9 Å². The molecule has 2 N–H and O–H groups in total. The van der Waals surface area contributed by atoms with Crippen molar-refractivity contribution in [3.8, 4) is 0 Å². The molecule has 0 aromatic carbocycles. The number of halogens is 3. The van der Waals surface area contributed by atoms with Crippen LogP contribution in [0.25, 0.3) is 0 Å². The van der Waals surface area contributed by atoms with E-state index < -0.39 is 12.0 Å². The van der Waals surface area contributed by atoms with E-state index >= 15 is 0 Å². The van der Waals surface area contributed by atoms with Gasteiger partial charge in [-0.2, -0.15) is 4.39 Å². The lowest BCUT2D eigenvalue weighted by Crippen LogP contribution is -2.13. The Morgan fingerprint density at radius 2 is 2.40 bits per heavy atom. The van der Waals surface area contributed by atoms with Crippen LogP contribution in [0.2, 0.25) is 5.02 Å². The Hall–Kier alpha value is -0.450. The molecular weight excluding hydrogens is 282 g/mol. The molecule has 1 rings (SSSR count). The van der Waals surface area contributed by atoms with Crippen LogP contribution in [0.5, 0.6) is 0 Å². The highest BCUT2D eigenvalue weighted by Crippen LogP contribution is 2.32. The fourth-order valence-corrected chi connectivity index (χ4v) is 1.93. The van der Waals surface area contributed by atoms with Crippen molar-refractivity contribution in [1.29, 1.82) is 0 Å². The number of hydrogen-bond donors (Lipinski definition) is 1. The maximum atomic E-state index is 13.4. The molecule has 5 heteroatoms. The lowest BCUT2D eigenvalue weighted by molar-refractivity contribution is 0.532. The van der Waals surface area contributed by atoms with Gasteiger partial charge in [-0.25, -0.2) is 4.98 Å². The van der Waals surface area contributed by atoms with Gasteiger partial charge < -0.3 is 5.73 Å². The Balaban J connectivity index is 3.01. The maximum Gasteiger partial charge on any atom is 0.218 e. The van der Waals surface area contributed by atoms with E-state index in [1.54, 1.807) is 6.08 Å². The van der Waals surface area contributed by atoms with Gasteiger partial charge in [-0.15, -0.1) is 6.58 Å². The number of nitrogens with zero attached hydrogens (tertiary/aromatic N) is 1. The summed E-state index contributed by atoms with van der Waals surface area (Å²) >= 11 is 9.02. The van der Waals surface area contributed by atoms with Crippen molar-refractivity contribution in [2.75, 3.05) is 0 Å². The molecule has 1 aromatic rings. The summed E-state index contributed by atoms with van der Waals surface area (Å²) in [5, 5.41) is 0.362. The molecule has 0 spiro atoms. The Morgan fingerprint density at radius 3 is 3.00 bits per heavy atom. The Labute approximate surface area is 101 Å². The zero-order valence-corrected chi connectivity index (χ0v) is 10.4. The smallest absolute Gasteiger partial charge is 0.218 e. The minimum atomic E-state index is -0.581. The number of aromatic nitrogens is 1. The predicted molar refractivity (Wildman–Crippen MR) is 63.3 cm³/mol. The number of nitrogens with two attached hydrogens (primary N) is 1.